The van der Waals surface area contributed by atoms with Gasteiger partial charge in [0.05, 0.1) is 11.4 Å². The van der Waals surface area contributed by atoms with Crippen molar-refractivity contribution < 1.29 is 17.6 Å². The van der Waals surface area contributed by atoms with Crippen molar-refractivity contribution in [1.82, 2.24) is 0 Å². The third-order valence-corrected chi connectivity index (χ3v) is 16.5. The first-order valence-electron chi connectivity index (χ1n) is 26.4. The average molecular weight is 1020 g/mol. The van der Waals surface area contributed by atoms with Gasteiger partial charge in [-0.2, -0.15) is 0 Å². The van der Waals surface area contributed by atoms with Gasteiger partial charge in [-0.05, 0) is 184 Å². The predicted molar refractivity (Wildman–Crippen MR) is 314 cm³/mol. The summed E-state index contributed by atoms with van der Waals surface area (Å²) in [6.45, 7) is 9.13. The third-order valence-electron chi connectivity index (χ3n) is 16.5. The van der Waals surface area contributed by atoms with E-state index in [0.29, 0.717) is 11.4 Å². The van der Waals surface area contributed by atoms with Crippen LogP contribution in [0.4, 0.5) is 51.7 Å². The number of hydrogen-bond acceptors (Lipinski definition) is 2. The summed E-state index contributed by atoms with van der Waals surface area (Å²) in [6, 6.07) is 75.0. The smallest absolute Gasteiger partial charge is 0.128 e. The Kier molecular flexibility index (Phi) is 10.7. The number of fused-ring (bicyclic) bond motifs is 9. The Balaban J connectivity index is 0.998. The molecule has 2 aliphatic carbocycles. The molecule has 0 spiro atoms. The maximum atomic E-state index is 15.3. The highest BCUT2D eigenvalue weighted by Crippen LogP contribution is 2.61. The zero-order chi connectivity index (χ0) is 53.2. The lowest BCUT2D eigenvalue weighted by Gasteiger charge is -2.29. The minimum atomic E-state index is -0.653. The van der Waals surface area contributed by atoms with E-state index in [1.54, 1.807) is 0 Å². The molecule has 0 saturated carbocycles. The molecule has 2 aliphatic rings. The Morgan fingerprint density at radius 2 is 0.603 bits per heavy atom. The maximum Gasteiger partial charge on any atom is 0.128 e. The molecule has 14 rings (SSSR count). The van der Waals surface area contributed by atoms with Gasteiger partial charge < -0.3 is 9.80 Å². The van der Waals surface area contributed by atoms with Crippen LogP contribution in [0.15, 0.2) is 231 Å². The number of anilines is 6. The van der Waals surface area contributed by atoms with Crippen LogP contribution in [0.3, 0.4) is 0 Å². The Bertz CT molecular complexity index is 4120. The molecule has 0 fully saturated rings. The lowest BCUT2D eigenvalue weighted by Crippen LogP contribution is -2.17. The van der Waals surface area contributed by atoms with Crippen LogP contribution >= 0.6 is 0 Å². The highest BCUT2D eigenvalue weighted by molar-refractivity contribution is 6.17. The number of nitrogens with zero attached hydrogens (tertiary/aromatic N) is 2. The minimum absolute atomic E-state index is 0.382. The van der Waals surface area contributed by atoms with Gasteiger partial charge in [-0.25, -0.2) is 17.6 Å². The van der Waals surface area contributed by atoms with E-state index in [1.807, 2.05) is 46.2 Å². The molecule has 0 aromatic heterocycles. The highest BCUT2D eigenvalue weighted by atomic mass is 19.1. The van der Waals surface area contributed by atoms with Crippen LogP contribution in [0.2, 0.25) is 0 Å². The van der Waals surface area contributed by atoms with Gasteiger partial charge in [0.1, 0.15) is 23.3 Å². The minimum Gasteiger partial charge on any atom is -0.310 e. The van der Waals surface area contributed by atoms with Crippen LogP contribution in [0, 0.1) is 23.3 Å². The van der Waals surface area contributed by atoms with Crippen LogP contribution in [0.5, 0.6) is 0 Å². The first-order chi connectivity index (χ1) is 37.8. The maximum absolute atomic E-state index is 15.3. The number of benzene rings is 12. The molecule has 78 heavy (non-hydrogen) atoms. The van der Waals surface area contributed by atoms with Gasteiger partial charge in [-0.1, -0.05) is 161 Å². The zero-order valence-corrected chi connectivity index (χ0v) is 43.3. The summed E-state index contributed by atoms with van der Waals surface area (Å²) >= 11 is 0. The van der Waals surface area contributed by atoms with Crippen LogP contribution in [-0.4, -0.2) is 0 Å². The Morgan fingerprint density at radius 3 is 0.987 bits per heavy atom. The fourth-order valence-corrected chi connectivity index (χ4v) is 12.9. The molecule has 0 heterocycles. The van der Waals surface area contributed by atoms with Crippen LogP contribution < -0.4 is 9.80 Å². The number of halogens is 4. The van der Waals surface area contributed by atoms with E-state index in [1.165, 1.54) is 35.4 Å². The van der Waals surface area contributed by atoms with Crippen molar-refractivity contribution in [2.45, 2.75) is 38.5 Å². The van der Waals surface area contributed by atoms with E-state index in [2.05, 4.69) is 185 Å². The van der Waals surface area contributed by atoms with Gasteiger partial charge in [0.15, 0.2) is 0 Å². The molecule has 2 nitrogen and oxygen atoms in total. The average Bonchev–Trinajstić information content (AvgIpc) is 3.41. The van der Waals surface area contributed by atoms with Crippen LogP contribution in [0.25, 0.3) is 76.8 Å². The van der Waals surface area contributed by atoms with Crippen molar-refractivity contribution in [3.05, 3.63) is 276 Å². The summed E-state index contributed by atoms with van der Waals surface area (Å²) < 4.78 is 61.1. The lowest BCUT2D eigenvalue weighted by atomic mass is 9.76. The second kappa shape index (κ2) is 17.7. The van der Waals surface area contributed by atoms with Gasteiger partial charge in [0.25, 0.3) is 0 Å². The third kappa shape index (κ3) is 7.45. The SMILES string of the molecule is CC1(C)c2cc(N(c3cc(F)cc(F)c3)c3ccc4ccccc4c3)ccc2-c2c1cc1c(-c3ccccc3)c3c(cc1c2-c1ccccc1)C(C)(C)c1cc(N(c2cc(F)cc(F)c2)c2ccc4ccccc4c2)ccc1-3. The Hall–Kier alpha value is -9.26. The fourth-order valence-electron chi connectivity index (χ4n) is 12.9. The van der Waals surface area contributed by atoms with E-state index in [-0.39, 0.29) is 0 Å². The van der Waals surface area contributed by atoms with Crippen molar-refractivity contribution in [1.29, 1.82) is 0 Å². The van der Waals surface area contributed by atoms with E-state index in [9.17, 15) is 0 Å². The van der Waals surface area contributed by atoms with Crippen molar-refractivity contribution in [2.75, 3.05) is 9.80 Å². The Labute approximate surface area is 450 Å². The van der Waals surface area contributed by atoms with Gasteiger partial charge in [0.2, 0.25) is 0 Å². The monoisotopic (exact) mass is 1020 g/mol. The van der Waals surface area contributed by atoms with Gasteiger partial charge >= 0.3 is 0 Å². The summed E-state index contributed by atoms with van der Waals surface area (Å²) in [5, 5.41) is 6.40. The predicted octanol–water partition coefficient (Wildman–Crippen LogP) is 20.6. The van der Waals surface area contributed by atoms with Crippen molar-refractivity contribution in [3.63, 3.8) is 0 Å². The van der Waals surface area contributed by atoms with Crippen molar-refractivity contribution >= 4 is 66.4 Å². The lowest BCUT2D eigenvalue weighted by molar-refractivity contribution is 0.583. The fraction of sp³-hybridized carbons (Fsp3) is 0.0833. The largest absolute Gasteiger partial charge is 0.310 e. The van der Waals surface area contributed by atoms with E-state index >= 15 is 17.6 Å². The normalized spacial score (nSPS) is 13.6. The van der Waals surface area contributed by atoms with Gasteiger partial charge in [-0.15, -0.1) is 0 Å². The second-order valence-corrected chi connectivity index (χ2v) is 21.9. The zero-order valence-electron chi connectivity index (χ0n) is 43.3. The van der Waals surface area contributed by atoms with Gasteiger partial charge in [0, 0.05) is 45.7 Å². The van der Waals surface area contributed by atoms with E-state index in [4.69, 9.17) is 0 Å². The standard InChI is InChI=1S/C72H50F4N2/c1-71(2)63-39-55(77(57-35-49(73)33-50(74)36-57)53-25-23-43-15-11-13-21-47(43)31-53)27-29-59(63)69-65(71)41-61-62(67(69)45-17-7-5-8-18-45)42-66-70(68(61)46-19-9-6-10-20-46)60-30-28-56(40-64(60)72(66,3)4)78(58-37-51(75)34-52(76)38-58)54-26-24-44-16-12-14-22-48(44)32-54/h5-42H,1-4H3. The summed E-state index contributed by atoms with van der Waals surface area (Å²) in [6.07, 6.45) is 0. The first-order valence-corrected chi connectivity index (χ1v) is 26.4. The first kappa shape index (κ1) is 47.2. The van der Waals surface area contributed by atoms with Crippen LogP contribution in [0.1, 0.15) is 49.9 Å². The number of hydrogen-bond donors (Lipinski definition) is 0. The number of rotatable bonds is 8. The summed E-state index contributed by atoms with van der Waals surface area (Å²) in [7, 11) is 0. The van der Waals surface area contributed by atoms with Crippen molar-refractivity contribution in [3.8, 4) is 44.5 Å². The van der Waals surface area contributed by atoms with E-state index in [0.717, 1.165) is 123 Å². The molecule has 12 aromatic rings. The molecule has 12 aromatic carbocycles. The van der Waals surface area contributed by atoms with Crippen LogP contribution in [-0.2, 0) is 10.8 Å². The molecule has 0 atom stereocenters. The highest BCUT2D eigenvalue weighted by Gasteiger charge is 2.43. The quantitative estimate of drug-likeness (QED) is 0.140. The topological polar surface area (TPSA) is 6.48 Å². The molecule has 0 unspecified atom stereocenters. The summed E-state index contributed by atoms with van der Waals surface area (Å²) in [5.41, 5.74) is 16.3. The molecule has 0 N–H and O–H groups in total. The van der Waals surface area contributed by atoms with Crippen molar-refractivity contribution in [2.24, 2.45) is 0 Å². The molecule has 0 amide bonds. The molecule has 0 saturated heterocycles. The molecule has 0 bridgehead atoms. The molecule has 0 aliphatic heterocycles. The summed E-state index contributed by atoms with van der Waals surface area (Å²) in [5.74, 6) is -2.61. The molecular formula is C72H50F4N2. The Morgan fingerprint density at radius 1 is 0.269 bits per heavy atom. The second-order valence-electron chi connectivity index (χ2n) is 21.9. The van der Waals surface area contributed by atoms with Gasteiger partial charge in [-0.3, -0.25) is 0 Å². The summed E-state index contributed by atoms with van der Waals surface area (Å²) in [4.78, 5) is 3.90. The molecule has 6 heteroatoms. The molecule has 376 valence electrons. The van der Waals surface area contributed by atoms with E-state index < -0.39 is 34.1 Å². The molecular weight excluding hydrogens is 969 g/mol. The molecule has 0 radical (unpaired) electrons.